The van der Waals surface area contributed by atoms with Gasteiger partial charge in [0.15, 0.2) is 0 Å². The quantitative estimate of drug-likeness (QED) is 0.858. The smallest absolute Gasteiger partial charge is 0.255 e. The van der Waals surface area contributed by atoms with Crippen LogP contribution in [0.3, 0.4) is 0 Å². The topological polar surface area (TPSA) is 42.0 Å². The van der Waals surface area contributed by atoms with Gasteiger partial charge in [-0.15, -0.1) is 0 Å². The van der Waals surface area contributed by atoms with E-state index in [9.17, 15) is 4.79 Å². The Morgan fingerprint density at radius 1 is 1.32 bits per heavy atom. The van der Waals surface area contributed by atoms with Crippen molar-refractivity contribution in [2.45, 2.75) is 19.8 Å². The maximum atomic E-state index is 12.1. The summed E-state index contributed by atoms with van der Waals surface area (Å²) < 4.78 is 0. The highest BCUT2D eigenvalue weighted by molar-refractivity contribution is 6.29. The number of rotatable bonds is 4. The third kappa shape index (κ3) is 3.55. The van der Waals surface area contributed by atoms with Crippen LogP contribution in [-0.4, -0.2) is 10.9 Å². The van der Waals surface area contributed by atoms with Crippen molar-refractivity contribution in [1.29, 1.82) is 0 Å². The molecule has 0 fully saturated rings. The predicted molar refractivity (Wildman–Crippen MR) is 77.6 cm³/mol. The fourth-order valence-electron chi connectivity index (χ4n) is 1.87. The Kier molecular flexibility index (Phi) is 4.53. The second kappa shape index (κ2) is 6.34. The van der Waals surface area contributed by atoms with Crippen LogP contribution in [0, 0.1) is 0 Å². The van der Waals surface area contributed by atoms with Gasteiger partial charge in [0.25, 0.3) is 5.91 Å². The molecule has 0 radical (unpaired) electrons. The molecule has 4 heteroatoms. The highest BCUT2D eigenvalue weighted by atomic mass is 35.5. The number of para-hydroxylation sites is 1. The van der Waals surface area contributed by atoms with Crippen molar-refractivity contribution >= 4 is 23.2 Å². The zero-order chi connectivity index (χ0) is 13.7. The van der Waals surface area contributed by atoms with Crippen LogP contribution in [-0.2, 0) is 6.42 Å². The molecule has 1 heterocycles. The molecule has 0 spiro atoms. The molecule has 0 aliphatic heterocycles. The Labute approximate surface area is 117 Å². The molecule has 2 rings (SSSR count). The molecule has 3 nitrogen and oxygen atoms in total. The maximum absolute atomic E-state index is 12.1. The maximum Gasteiger partial charge on any atom is 0.255 e. The molecule has 98 valence electrons. The van der Waals surface area contributed by atoms with Gasteiger partial charge in [-0.1, -0.05) is 43.1 Å². The number of hydrogen-bond donors (Lipinski definition) is 1. The van der Waals surface area contributed by atoms with Gasteiger partial charge in [-0.2, -0.15) is 0 Å². The Hall–Kier alpha value is -1.87. The Balaban J connectivity index is 2.19. The van der Waals surface area contributed by atoms with Crippen molar-refractivity contribution in [3.05, 3.63) is 58.9 Å². The molecule has 1 amide bonds. The standard InChI is InChI=1S/C15H15ClN2O/c1-2-5-11-6-3-4-7-13(11)18-15(19)12-8-9-17-14(16)10-12/h3-4,6-10H,2,5H2,1H3,(H,18,19). The number of pyridine rings is 1. The summed E-state index contributed by atoms with van der Waals surface area (Å²) in [6.45, 7) is 2.11. The molecule has 1 aromatic heterocycles. The zero-order valence-corrected chi connectivity index (χ0v) is 11.4. The SMILES string of the molecule is CCCc1ccccc1NC(=O)c1ccnc(Cl)c1. The van der Waals surface area contributed by atoms with Crippen molar-refractivity contribution in [3.8, 4) is 0 Å². The van der Waals surface area contributed by atoms with Crippen molar-refractivity contribution in [2.24, 2.45) is 0 Å². The lowest BCUT2D eigenvalue weighted by Crippen LogP contribution is -2.13. The average Bonchev–Trinajstić information content (AvgIpc) is 2.41. The normalized spacial score (nSPS) is 10.2. The molecule has 2 aromatic rings. The molecule has 19 heavy (non-hydrogen) atoms. The largest absolute Gasteiger partial charge is 0.322 e. The lowest BCUT2D eigenvalue weighted by atomic mass is 10.1. The highest BCUT2D eigenvalue weighted by Crippen LogP contribution is 2.18. The summed E-state index contributed by atoms with van der Waals surface area (Å²) >= 11 is 5.78. The Morgan fingerprint density at radius 3 is 2.84 bits per heavy atom. The third-order valence-electron chi connectivity index (χ3n) is 2.77. The van der Waals surface area contributed by atoms with Crippen LogP contribution in [0.4, 0.5) is 5.69 Å². The van der Waals surface area contributed by atoms with Crippen molar-refractivity contribution in [3.63, 3.8) is 0 Å². The molecule has 0 aliphatic rings. The molecular weight excluding hydrogens is 260 g/mol. The van der Waals surface area contributed by atoms with Crippen LogP contribution in [0.15, 0.2) is 42.6 Å². The number of hydrogen-bond acceptors (Lipinski definition) is 2. The number of carbonyl (C=O) groups is 1. The van der Waals surface area contributed by atoms with E-state index in [1.807, 2.05) is 24.3 Å². The highest BCUT2D eigenvalue weighted by Gasteiger charge is 2.09. The minimum Gasteiger partial charge on any atom is -0.322 e. The predicted octanol–water partition coefficient (Wildman–Crippen LogP) is 3.94. The first kappa shape index (κ1) is 13.6. The summed E-state index contributed by atoms with van der Waals surface area (Å²) in [6.07, 6.45) is 3.50. The summed E-state index contributed by atoms with van der Waals surface area (Å²) in [6, 6.07) is 11.0. The Bertz CT molecular complexity index is 584. The number of amides is 1. The number of halogens is 1. The number of nitrogens with zero attached hydrogens (tertiary/aromatic N) is 1. The lowest BCUT2D eigenvalue weighted by Gasteiger charge is -2.10. The first-order valence-electron chi connectivity index (χ1n) is 6.21. The molecule has 0 unspecified atom stereocenters. The van der Waals surface area contributed by atoms with Gasteiger partial charge >= 0.3 is 0 Å². The monoisotopic (exact) mass is 274 g/mol. The number of benzene rings is 1. The summed E-state index contributed by atoms with van der Waals surface area (Å²) in [5.41, 5.74) is 2.49. The minimum atomic E-state index is -0.173. The van der Waals surface area contributed by atoms with E-state index in [2.05, 4.69) is 17.2 Å². The number of aryl methyl sites for hydroxylation is 1. The molecule has 0 saturated heterocycles. The second-order valence-corrected chi connectivity index (χ2v) is 4.62. The summed E-state index contributed by atoms with van der Waals surface area (Å²) in [5, 5.41) is 3.23. The number of nitrogens with one attached hydrogen (secondary N) is 1. The molecule has 0 saturated carbocycles. The van der Waals surface area contributed by atoms with Crippen LogP contribution in [0.25, 0.3) is 0 Å². The van der Waals surface area contributed by atoms with Crippen LogP contribution in [0.1, 0.15) is 29.3 Å². The number of carbonyl (C=O) groups excluding carboxylic acids is 1. The van der Waals surface area contributed by atoms with Gasteiger partial charge in [-0.3, -0.25) is 4.79 Å². The molecule has 1 aromatic carbocycles. The van der Waals surface area contributed by atoms with E-state index in [-0.39, 0.29) is 5.91 Å². The fourth-order valence-corrected chi connectivity index (χ4v) is 2.04. The van der Waals surface area contributed by atoms with Crippen LogP contribution < -0.4 is 5.32 Å². The van der Waals surface area contributed by atoms with Gasteiger partial charge in [0.1, 0.15) is 5.15 Å². The van der Waals surface area contributed by atoms with E-state index >= 15 is 0 Å². The molecule has 0 atom stereocenters. The molecule has 1 N–H and O–H groups in total. The van der Waals surface area contributed by atoms with Gasteiger partial charge in [0.05, 0.1) is 0 Å². The van der Waals surface area contributed by atoms with Gasteiger partial charge in [-0.05, 0) is 30.2 Å². The van der Waals surface area contributed by atoms with Crippen molar-refractivity contribution in [2.75, 3.05) is 5.32 Å². The minimum absolute atomic E-state index is 0.173. The molecule has 0 aliphatic carbocycles. The summed E-state index contributed by atoms with van der Waals surface area (Å²) in [5.74, 6) is -0.173. The van der Waals surface area contributed by atoms with E-state index in [1.54, 1.807) is 12.1 Å². The number of aromatic nitrogens is 1. The van der Waals surface area contributed by atoms with Gasteiger partial charge in [0, 0.05) is 17.4 Å². The summed E-state index contributed by atoms with van der Waals surface area (Å²) in [7, 11) is 0. The van der Waals surface area contributed by atoms with E-state index in [1.165, 1.54) is 6.20 Å². The first-order valence-corrected chi connectivity index (χ1v) is 6.59. The van der Waals surface area contributed by atoms with Gasteiger partial charge in [0.2, 0.25) is 0 Å². The van der Waals surface area contributed by atoms with E-state index in [4.69, 9.17) is 11.6 Å². The molecular formula is C15H15ClN2O. The van der Waals surface area contributed by atoms with Crippen LogP contribution in [0.2, 0.25) is 5.15 Å². The number of anilines is 1. The average molecular weight is 275 g/mol. The van der Waals surface area contributed by atoms with E-state index in [0.29, 0.717) is 10.7 Å². The lowest BCUT2D eigenvalue weighted by molar-refractivity contribution is 0.102. The van der Waals surface area contributed by atoms with Crippen molar-refractivity contribution < 1.29 is 4.79 Å². The van der Waals surface area contributed by atoms with Crippen LogP contribution >= 0.6 is 11.6 Å². The second-order valence-electron chi connectivity index (χ2n) is 4.23. The van der Waals surface area contributed by atoms with E-state index < -0.39 is 0 Å². The summed E-state index contributed by atoms with van der Waals surface area (Å²) in [4.78, 5) is 16.0. The third-order valence-corrected chi connectivity index (χ3v) is 2.98. The van der Waals surface area contributed by atoms with E-state index in [0.717, 1.165) is 24.1 Å². The van der Waals surface area contributed by atoms with Crippen LogP contribution in [0.5, 0.6) is 0 Å². The first-order chi connectivity index (χ1) is 9.20. The van der Waals surface area contributed by atoms with Gasteiger partial charge < -0.3 is 5.32 Å². The zero-order valence-electron chi connectivity index (χ0n) is 10.7. The van der Waals surface area contributed by atoms with Crippen molar-refractivity contribution in [1.82, 2.24) is 4.98 Å². The fraction of sp³-hybridized carbons (Fsp3) is 0.200. The Morgan fingerprint density at radius 2 is 2.11 bits per heavy atom. The van der Waals surface area contributed by atoms with Gasteiger partial charge in [-0.25, -0.2) is 4.98 Å². The molecule has 0 bridgehead atoms.